The first-order valence-electron chi connectivity index (χ1n) is 14.0. The molecule has 2 aliphatic heterocycles. The van der Waals surface area contributed by atoms with E-state index in [1.165, 1.54) is 18.0 Å². The van der Waals surface area contributed by atoms with Crippen molar-refractivity contribution in [3.63, 3.8) is 0 Å². The summed E-state index contributed by atoms with van der Waals surface area (Å²) in [5, 5.41) is 6.26. The Morgan fingerprint density at radius 3 is 2.77 bits per heavy atom. The Balaban J connectivity index is 0.00000329. The van der Waals surface area contributed by atoms with Gasteiger partial charge in [0.25, 0.3) is 0 Å². The van der Waals surface area contributed by atoms with Gasteiger partial charge in [-0.3, -0.25) is 9.58 Å². The third kappa shape index (κ3) is 5.93. The third-order valence-electron chi connectivity index (χ3n) is 7.86. The van der Waals surface area contributed by atoms with Gasteiger partial charge in [-0.1, -0.05) is 12.1 Å². The summed E-state index contributed by atoms with van der Waals surface area (Å²) in [5.41, 5.74) is 4.45. The second-order valence-corrected chi connectivity index (χ2v) is 10.5. The summed E-state index contributed by atoms with van der Waals surface area (Å²) in [6.45, 7) is 4.12. The van der Waals surface area contributed by atoms with E-state index in [-0.39, 0.29) is 25.0 Å². The van der Waals surface area contributed by atoms with E-state index in [0.29, 0.717) is 44.3 Å². The molecule has 43 heavy (non-hydrogen) atoms. The fourth-order valence-corrected chi connectivity index (χ4v) is 5.74. The highest BCUT2D eigenvalue weighted by Crippen LogP contribution is 2.41. The number of fused-ring (bicyclic) bond motifs is 5. The molecule has 0 atom stereocenters. The van der Waals surface area contributed by atoms with E-state index in [2.05, 4.69) is 50.0 Å². The van der Waals surface area contributed by atoms with Crippen LogP contribution in [0.4, 0.5) is 4.39 Å². The molecule has 5 aromatic rings. The molecular weight excluding hydrogens is 573 g/mol. The van der Waals surface area contributed by atoms with E-state index < -0.39 is 0 Å². The molecule has 222 valence electrons. The minimum atomic E-state index is -0.242. The molecule has 3 aromatic carbocycles. The van der Waals surface area contributed by atoms with Crippen molar-refractivity contribution in [3.05, 3.63) is 90.4 Å². The molecule has 0 radical (unpaired) electrons. The lowest BCUT2D eigenvalue weighted by atomic mass is 9.95. The van der Waals surface area contributed by atoms with Crippen LogP contribution in [-0.4, -0.2) is 53.3 Å². The third-order valence-corrected chi connectivity index (χ3v) is 7.86. The molecule has 0 N–H and O–H groups in total. The van der Waals surface area contributed by atoms with Gasteiger partial charge < -0.3 is 31.4 Å². The van der Waals surface area contributed by atoms with Gasteiger partial charge in [0.1, 0.15) is 25.1 Å². The van der Waals surface area contributed by atoms with Crippen molar-refractivity contribution < 1.29 is 40.3 Å². The lowest BCUT2D eigenvalue weighted by molar-refractivity contribution is -0.686. The van der Waals surface area contributed by atoms with Crippen LogP contribution in [0.25, 0.3) is 22.0 Å². The maximum atomic E-state index is 13.9. The van der Waals surface area contributed by atoms with E-state index in [1.807, 2.05) is 12.1 Å². The zero-order valence-corrected chi connectivity index (χ0v) is 24.5. The maximum Gasteiger partial charge on any atom is 0.231 e. The Kier molecular flexibility index (Phi) is 8.31. The molecule has 0 aliphatic carbocycles. The number of nitrogens with zero attached hydrogens (tertiary/aromatic N) is 5. The van der Waals surface area contributed by atoms with E-state index in [4.69, 9.17) is 18.9 Å². The summed E-state index contributed by atoms with van der Waals surface area (Å²) < 4.78 is 41.4. The van der Waals surface area contributed by atoms with Crippen LogP contribution in [0.2, 0.25) is 0 Å². The molecule has 0 spiro atoms. The fraction of sp³-hybridized carbons (Fsp3) is 0.281. The first-order valence-corrected chi connectivity index (χ1v) is 14.0. The Bertz CT molecular complexity index is 1750. The summed E-state index contributed by atoms with van der Waals surface area (Å²) in [6.07, 6.45) is 6.28. The SMILES string of the molecule is COc1ccc2cc3[n+](cc2c1OCCN(CCn1cncn1)Cc1cccc(F)c1)CCc1cc2c(cc1-3)OCO2.[Cl-]. The van der Waals surface area contributed by atoms with Crippen molar-refractivity contribution in [2.75, 3.05) is 33.6 Å². The lowest BCUT2D eigenvalue weighted by Crippen LogP contribution is -3.00. The lowest BCUT2D eigenvalue weighted by Gasteiger charge is -2.23. The van der Waals surface area contributed by atoms with Gasteiger partial charge in [0.2, 0.25) is 12.5 Å². The Morgan fingerprint density at radius 2 is 1.95 bits per heavy atom. The smallest absolute Gasteiger partial charge is 0.231 e. The van der Waals surface area contributed by atoms with E-state index in [0.717, 1.165) is 52.1 Å². The number of ether oxygens (including phenoxy) is 4. The Morgan fingerprint density at radius 1 is 1.07 bits per heavy atom. The molecule has 2 aliphatic rings. The summed E-state index contributed by atoms with van der Waals surface area (Å²) >= 11 is 0. The van der Waals surface area contributed by atoms with Crippen LogP contribution in [0, 0.1) is 5.82 Å². The average molecular weight is 604 g/mol. The number of hydrogen-bond acceptors (Lipinski definition) is 7. The second kappa shape index (κ2) is 12.4. The number of aromatic nitrogens is 4. The molecule has 7 rings (SSSR count). The standard InChI is InChI=1S/C32H31FN5O4.ClH/c1-39-29-6-5-23-14-28-26-16-31-30(41-21-42-31)15-24(26)7-8-37(28)18-27(23)32(29)40-12-11-36(9-10-38-20-34-19-35-38)17-22-3-2-4-25(33)13-22;/h2-6,13-16,18-20H,7-12,17,21H2,1H3;1H/q+1;/p-1. The quantitative estimate of drug-likeness (QED) is 0.224. The van der Waals surface area contributed by atoms with Gasteiger partial charge in [0.15, 0.2) is 35.7 Å². The van der Waals surface area contributed by atoms with E-state index in [1.54, 1.807) is 30.3 Å². The molecule has 0 bridgehead atoms. The number of benzene rings is 3. The highest BCUT2D eigenvalue weighted by Gasteiger charge is 2.28. The number of rotatable bonds is 10. The molecule has 2 aromatic heterocycles. The fourth-order valence-electron chi connectivity index (χ4n) is 5.74. The topological polar surface area (TPSA) is 74.8 Å². The van der Waals surface area contributed by atoms with Crippen molar-refractivity contribution in [2.24, 2.45) is 0 Å². The van der Waals surface area contributed by atoms with Crippen LogP contribution in [0.1, 0.15) is 11.1 Å². The van der Waals surface area contributed by atoms with Crippen LogP contribution in [0.15, 0.2) is 73.4 Å². The number of hydrogen-bond donors (Lipinski definition) is 0. The molecule has 0 saturated carbocycles. The second-order valence-electron chi connectivity index (χ2n) is 10.5. The molecular formula is C32H31ClFN5O4. The van der Waals surface area contributed by atoms with Crippen molar-refractivity contribution in [2.45, 2.75) is 26.1 Å². The van der Waals surface area contributed by atoms with Crippen LogP contribution < -0.4 is 35.9 Å². The summed E-state index contributed by atoms with van der Waals surface area (Å²) in [6, 6.07) is 17.1. The molecule has 4 heterocycles. The molecule has 0 fully saturated rings. The predicted molar refractivity (Wildman–Crippen MR) is 153 cm³/mol. The first-order chi connectivity index (χ1) is 20.6. The average Bonchev–Trinajstić information content (AvgIpc) is 3.70. The van der Waals surface area contributed by atoms with Crippen LogP contribution in [0.3, 0.4) is 0 Å². The summed E-state index contributed by atoms with van der Waals surface area (Å²) in [5.74, 6) is 2.75. The number of methoxy groups -OCH3 is 1. The maximum absolute atomic E-state index is 13.9. The number of halogens is 2. The van der Waals surface area contributed by atoms with Gasteiger partial charge in [-0.15, -0.1) is 0 Å². The van der Waals surface area contributed by atoms with Gasteiger partial charge in [0.05, 0.1) is 24.6 Å². The summed E-state index contributed by atoms with van der Waals surface area (Å²) in [4.78, 5) is 6.26. The van der Waals surface area contributed by atoms with Crippen molar-refractivity contribution in [3.8, 4) is 34.3 Å². The Hall–Kier alpha value is -4.41. The van der Waals surface area contributed by atoms with Gasteiger partial charge in [-0.25, -0.2) is 9.37 Å². The monoisotopic (exact) mass is 603 g/mol. The first kappa shape index (κ1) is 28.7. The molecule has 0 amide bonds. The molecule has 9 nitrogen and oxygen atoms in total. The van der Waals surface area contributed by atoms with E-state index in [9.17, 15) is 4.39 Å². The van der Waals surface area contributed by atoms with Gasteiger partial charge >= 0.3 is 0 Å². The van der Waals surface area contributed by atoms with Crippen LogP contribution >= 0.6 is 0 Å². The van der Waals surface area contributed by atoms with Gasteiger partial charge in [-0.05, 0) is 52.9 Å². The van der Waals surface area contributed by atoms with Crippen LogP contribution in [-0.2, 0) is 26.1 Å². The number of aryl methyl sites for hydroxylation is 2. The van der Waals surface area contributed by atoms with Crippen molar-refractivity contribution >= 4 is 10.8 Å². The largest absolute Gasteiger partial charge is 1.00 e. The molecule has 0 unspecified atom stereocenters. The van der Waals surface area contributed by atoms with Crippen molar-refractivity contribution in [1.29, 1.82) is 0 Å². The minimum Gasteiger partial charge on any atom is -1.00 e. The Labute approximate surface area is 254 Å². The van der Waals surface area contributed by atoms with Crippen molar-refractivity contribution in [1.82, 2.24) is 19.7 Å². The highest BCUT2D eigenvalue weighted by molar-refractivity contribution is 5.91. The molecule has 11 heteroatoms. The normalized spacial score (nSPS) is 13.0. The zero-order chi connectivity index (χ0) is 28.5. The zero-order valence-electron chi connectivity index (χ0n) is 23.7. The number of pyridine rings is 1. The van der Waals surface area contributed by atoms with Gasteiger partial charge in [0, 0.05) is 32.1 Å². The highest BCUT2D eigenvalue weighted by atomic mass is 35.5. The predicted octanol–water partition coefficient (Wildman–Crippen LogP) is 1.40. The summed E-state index contributed by atoms with van der Waals surface area (Å²) in [7, 11) is 1.66. The molecule has 0 saturated heterocycles. The van der Waals surface area contributed by atoms with E-state index >= 15 is 0 Å². The van der Waals surface area contributed by atoms with Gasteiger partial charge in [-0.2, -0.15) is 9.67 Å². The minimum absolute atomic E-state index is 0. The van der Waals surface area contributed by atoms with Crippen LogP contribution in [0.5, 0.6) is 23.0 Å².